The number of hydrogen-bond acceptors (Lipinski definition) is 4. The summed E-state index contributed by atoms with van der Waals surface area (Å²) in [6.45, 7) is 0.786. The van der Waals surface area contributed by atoms with Crippen molar-refractivity contribution in [2.75, 3.05) is 6.61 Å². The van der Waals surface area contributed by atoms with Gasteiger partial charge in [0.25, 0.3) is 5.91 Å². The lowest BCUT2D eigenvalue weighted by atomic mass is 9.98. The van der Waals surface area contributed by atoms with Crippen molar-refractivity contribution in [3.05, 3.63) is 107 Å². The molecular formula is C29H28N4O3. The van der Waals surface area contributed by atoms with E-state index >= 15 is 0 Å². The normalized spacial score (nSPS) is 13.5. The quantitative estimate of drug-likeness (QED) is 0.309. The number of unbranched alkanes of at least 4 members (excludes halogenated alkanes) is 1. The number of fused-ring (bicyclic) bond motifs is 1. The Balaban J connectivity index is 1.29. The summed E-state index contributed by atoms with van der Waals surface area (Å²) in [6.07, 6.45) is 9.57. The molecule has 2 heterocycles. The molecule has 0 spiro atoms. The number of aromatic amines is 1. The first-order valence-corrected chi connectivity index (χ1v) is 12.1. The fourth-order valence-corrected chi connectivity index (χ4v) is 4.39. The maximum Gasteiger partial charge on any atom is 0.258 e. The largest absolute Gasteiger partial charge is 0.396 e. The van der Waals surface area contributed by atoms with Crippen LogP contribution in [0.3, 0.4) is 0 Å². The third-order valence-corrected chi connectivity index (χ3v) is 6.30. The van der Waals surface area contributed by atoms with Crippen LogP contribution in [0.1, 0.15) is 46.4 Å². The van der Waals surface area contributed by atoms with Crippen molar-refractivity contribution in [3.63, 3.8) is 0 Å². The molecule has 36 heavy (non-hydrogen) atoms. The van der Waals surface area contributed by atoms with E-state index < -0.39 is 0 Å². The van der Waals surface area contributed by atoms with Crippen LogP contribution in [0.4, 0.5) is 0 Å². The molecule has 4 aromatic rings. The fourth-order valence-electron chi connectivity index (χ4n) is 4.39. The molecule has 0 saturated heterocycles. The zero-order chi connectivity index (χ0) is 24.9. The van der Waals surface area contributed by atoms with E-state index in [0.29, 0.717) is 23.4 Å². The Bertz CT molecular complexity index is 1460. The monoisotopic (exact) mass is 480 g/mol. The molecule has 2 aromatic heterocycles. The second kappa shape index (κ2) is 10.6. The van der Waals surface area contributed by atoms with Crippen LogP contribution in [-0.4, -0.2) is 38.2 Å². The van der Waals surface area contributed by atoms with E-state index in [1.165, 1.54) is 5.56 Å². The number of allylic oxidation sites excluding steroid dienone is 3. The molecule has 3 N–H and O–H groups in total. The number of H-pyrrole nitrogens is 1. The number of amides is 1. The molecule has 5 rings (SSSR count). The number of nitrogens with one attached hydrogen (secondary N) is 2. The van der Waals surface area contributed by atoms with Crippen LogP contribution in [-0.2, 0) is 17.8 Å². The van der Waals surface area contributed by atoms with Crippen molar-refractivity contribution in [1.29, 1.82) is 0 Å². The number of nitrogens with zero attached hydrogens (tertiary/aromatic N) is 2. The van der Waals surface area contributed by atoms with Gasteiger partial charge in [-0.05, 0) is 54.7 Å². The molecule has 1 aliphatic carbocycles. The van der Waals surface area contributed by atoms with Gasteiger partial charge in [-0.3, -0.25) is 14.3 Å². The van der Waals surface area contributed by atoms with E-state index in [1.54, 1.807) is 29.2 Å². The summed E-state index contributed by atoms with van der Waals surface area (Å²) in [7, 11) is 0. The maximum absolute atomic E-state index is 12.8. The molecule has 2 aromatic carbocycles. The van der Waals surface area contributed by atoms with Crippen molar-refractivity contribution in [2.24, 2.45) is 0 Å². The van der Waals surface area contributed by atoms with Gasteiger partial charge in [-0.1, -0.05) is 42.5 Å². The van der Waals surface area contributed by atoms with Gasteiger partial charge in [0.1, 0.15) is 0 Å². The number of carbonyl (C=O) groups excluding carboxylic acids is 2. The van der Waals surface area contributed by atoms with Gasteiger partial charge >= 0.3 is 0 Å². The second-order valence-corrected chi connectivity index (χ2v) is 9.00. The van der Waals surface area contributed by atoms with E-state index in [9.17, 15) is 9.59 Å². The van der Waals surface area contributed by atoms with Gasteiger partial charge in [-0.25, -0.2) is 0 Å². The highest BCUT2D eigenvalue weighted by Gasteiger charge is 2.20. The van der Waals surface area contributed by atoms with E-state index in [0.717, 1.165) is 41.4 Å². The molecule has 0 bridgehead atoms. The lowest BCUT2D eigenvalue weighted by Gasteiger charge is -2.13. The number of aliphatic hydroxyl groups is 1. The average molecular weight is 481 g/mol. The minimum Gasteiger partial charge on any atom is -0.396 e. The smallest absolute Gasteiger partial charge is 0.258 e. The summed E-state index contributed by atoms with van der Waals surface area (Å²) in [5.74, 6) is -0.270. The number of carbonyl (C=O) groups is 2. The Morgan fingerprint density at radius 3 is 2.78 bits per heavy atom. The molecule has 0 saturated carbocycles. The summed E-state index contributed by atoms with van der Waals surface area (Å²) in [4.78, 5) is 28.9. The van der Waals surface area contributed by atoms with Gasteiger partial charge in [0.05, 0.1) is 24.0 Å². The van der Waals surface area contributed by atoms with Gasteiger partial charge < -0.3 is 15.4 Å². The number of benzene rings is 2. The van der Waals surface area contributed by atoms with Crippen LogP contribution in [0, 0.1) is 0 Å². The fraction of sp³-hybridized carbons (Fsp3) is 0.207. The highest BCUT2D eigenvalue weighted by atomic mass is 16.3. The van der Waals surface area contributed by atoms with Crippen molar-refractivity contribution in [2.45, 2.75) is 32.2 Å². The summed E-state index contributed by atoms with van der Waals surface area (Å²) in [6, 6.07) is 18.1. The summed E-state index contributed by atoms with van der Waals surface area (Å²) >= 11 is 0. The topological polar surface area (TPSA) is 100 Å². The van der Waals surface area contributed by atoms with Crippen molar-refractivity contribution in [1.82, 2.24) is 20.1 Å². The predicted molar refractivity (Wildman–Crippen MR) is 139 cm³/mol. The molecule has 1 amide bonds. The first-order chi connectivity index (χ1) is 17.6. The minimum absolute atomic E-state index is 0.00148. The van der Waals surface area contributed by atoms with E-state index in [-0.39, 0.29) is 24.7 Å². The number of Topliss-reactive ketones (excluding diaryl/α,β-unsaturated/α-hetero) is 1. The van der Waals surface area contributed by atoms with Crippen LogP contribution in [0.15, 0.2) is 84.8 Å². The molecule has 0 atom stereocenters. The molecule has 0 aliphatic heterocycles. The van der Waals surface area contributed by atoms with Crippen LogP contribution in [0.5, 0.6) is 0 Å². The molecule has 0 fully saturated rings. The Morgan fingerprint density at radius 1 is 1.08 bits per heavy atom. The number of ketones is 1. The van der Waals surface area contributed by atoms with Crippen molar-refractivity contribution < 1.29 is 14.7 Å². The van der Waals surface area contributed by atoms with Gasteiger partial charge in [0, 0.05) is 41.4 Å². The molecule has 7 heteroatoms. The third-order valence-electron chi connectivity index (χ3n) is 6.30. The van der Waals surface area contributed by atoms with Crippen LogP contribution in [0.25, 0.3) is 16.5 Å². The predicted octanol–water partition coefficient (Wildman–Crippen LogP) is 4.40. The zero-order valence-electron chi connectivity index (χ0n) is 19.9. The molecule has 7 nitrogen and oxygen atoms in total. The molecule has 0 unspecified atom stereocenters. The zero-order valence-corrected chi connectivity index (χ0v) is 19.9. The number of rotatable bonds is 9. The Kier molecular flexibility index (Phi) is 6.91. The SMILES string of the molecule is O=C1CC=C(NC(=O)c2cnn(Cc3ccccc3)c2)C=C1c1cc2cc(CCCCO)ccc2[nH]1. The van der Waals surface area contributed by atoms with Gasteiger partial charge in [0.15, 0.2) is 5.78 Å². The Labute approximate surface area is 209 Å². The third kappa shape index (κ3) is 5.37. The first kappa shape index (κ1) is 23.5. The van der Waals surface area contributed by atoms with Crippen molar-refractivity contribution in [3.8, 4) is 0 Å². The second-order valence-electron chi connectivity index (χ2n) is 9.00. The summed E-state index contributed by atoms with van der Waals surface area (Å²) < 4.78 is 1.73. The highest BCUT2D eigenvalue weighted by molar-refractivity contribution is 6.23. The van der Waals surface area contributed by atoms with Gasteiger partial charge in [0.2, 0.25) is 0 Å². The number of aliphatic hydroxyl groups excluding tert-OH is 1. The molecule has 182 valence electrons. The van der Waals surface area contributed by atoms with Gasteiger partial charge in [-0.15, -0.1) is 0 Å². The lowest BCUT2D eigenvalue weighted by Crippen LogP contribution is -2.23. The van der Waals surface area contributed by atoms with Crippen LogP contribution < -0.4 is 5.32 Å². The summed E-state index contributed by atoms with van der Waals surface area (Å²) in [5.41, 5.74) is 5.58. The standard InChI is InChI=1S/C29H28N4O3/c34-13-5-4-6-20-9-11-26-22(14-20)15-27(32-26)25-16-24(10-12-28(25)35)31-29(36)23-17-30-33(19-23)18-21-7-2-1-3-8-21/h1-3,7-11,14-17,19,32,34H,4-6,12-13,18H2,(H,31,36). The van der Waals surface area contributed by atoms with Crippen LogP contribution >= 0.6 is 0 Å². The highest BCUT2D eigenvalue weighted by Crippen LogP contribution is 2.27. The number of hydrogen-bond donors (Lipinski definition) is 3. The molecular weight excluding hydrogens is 452 g/mol. The summed E-state index contributed by atoms with van der Waals surface area (Å²) in [5, 5.41) is 17.3. The molecule has 0 radical (unpaired) electrons. The average Bonchev–Trinajstić information content (AvgIpc) is 3.53. The maximum atomic E-state index is 12.8. The van der Waals surface area contributed by atoms with Crippen LogP contribution in [0.2, 0.25) is 0 Å². The Morgan fingerprint density at radius 2 is 1.94 bits per heavy atom. The number of aromatic nitrogens is 3. The Hall–Kier alpha value is -4.23. The van der Waals surface area contributed by atoms with Gasteiger partial charge in [-0.2, -0.15) is 5.10 Å². The minimum atomic E-state index is -0.269. The van der Waals surface area contributed by atoms with E-state index in [4.69, 9.17) is 5.11 Å². The lowest BCUT2D eigenvalue weighted by molar-refractivity contribution is -0.113. The number of aryl methyl sites for hydroxylation is 1. The first-order valence-electron chi connectivity index (χ1n) is 12.1. The van der Waals surface area contributed by atoms with E-state index in [2.05, 4.69) is 27.5 Å². The molecule has 1 aliphatic rings. The van der Waals surface area contributed by atoms with E-state index in [1.807, 2.05) is 42.5 Å². The van der Waals surface area contributed by atoms with Crippen molar-refractivity contribution >= 4 is 28.2 Å².